The minimum atomic E-state index is -4.76. The van der Waals surface area contributed by atoms with Gasteiger partial charge in [-0.2, -0.15) is 13.2 Å². The van der Waals surface area contributed by atoms with E-state index in [1.807, 2.05) is 0 Å². The molecule has 1 N–H and O–H groups in total. The van der Waals surface area contributed by atoms with Crippen molar-refractivity contribution in [1.29, 1.82) is 0 Å². The number of halogens is 5. The monoisotopic (exact) mass is 434 g/mol. The Morgan fingerprint density at radius 3 is 2.56 bits per heavy atom. The van der Waals surface area contributed by atoms with Gasteiger partial charge < -0.3 is 5.32 Å². The maximum absolute atomic E-state index is 12.9. The quantitative estimate of drug-likeness (QED) is 0.794. The molecule has 1 fully saturated rings. The number of pyridine rings is 1. The Bertz CT molecular complexity index is 827. The maximum atomic E-state index is 12.9. The fourth-order valence-corrected chi connectivity index (χ4v) is 3.33. The lowest BCUT2D eigenvalue weighted by molar-refractivity contribution is -0.141. The van der Waals surface area contributed by atoms with Gasteiger partial charge >= 0.3 is 6.18 Å². The Morgan fingerprint density at radius 1 is 1.28 bits per heavy atom. The van der Waals surface area contributed by atoms with Crippen LogP contribution in [0.4, 0.5) is 13.2 Å². The largest absolute Gasteiger partial charge is 0.435 e. The van der Waals surface area contributed by atoms with Crippen molar-refractivity contribution in [3.05, 3.63) is 51.2 Å². The van der Waals surface area contributed by atoms with Crippen molar-refractivity contribution in [3.63, 3.8) is 0 Å². The van der Waals surface area contributed by atoms with E-state index in [2.05, 4.69) is 36.2 Å². The van der Waals surface area contributed by atoms with Gasteiger partial charge in [-0.25, -0.2) is 9.97 Å². The summed E-state index contributed by atoms with van der Waals surface area (Å²) in [5.74, 6) is -0.931. The summed E-state index contributed by atoms with van der Waals surface area (Å²) in [4.78, 5) is 23.2. The van der Waals surface area contributed by atoms with Crippen molar-refractivity contribution in [3.8, 4) is 0 Å². The van der Waals surface area contributed by atoms with E-state index in [0.717, 1.165) is 29.7 Å². The van der Waals surface area contributed by atoms with Gasteiger partial charge in [0.1, 0.15) is 0 Å². The highest BCUT2D eigenvalue weighted by Crippen LogP contribution is 2.49. The van der Waals surface area contributed by atoms with Crippen molar-refractivity contribution in [2.75, 3.05) is 6.54 Å². The minimum absolute atomic E-state index is 0.119. The van der Waals surface area contributed by atoms with Crippen LogP contribution in [0.5, 0.6) is 0 Å². The van der Waals surface area contributed by atoms with Crippen LogP contribution in [0.1, 0.15) is 34.7 Å². The molecular formula is C15H11BrClF3N4O. The fourth-order valence-electron chi connectivity index (χ4n) is 2.50. The molecule has 1 aliphatic rings. The Balaban J connectivity index is 1.77. The van der Waals surface area contributed by atoms with Crippen LogP contribution in [-0.4, -0.2) is 27.4 Å². The highest BCUT2D eigenvalue weighted by molar-refractivity contribution is 9.10. The van der Waals surface area contributed by atoms with Gasteiger partial charge in [0.15, 0.2) is 11.4 Å². The molecule has 0 spiro atoms. The van der Waals surface area contributed by atoms with Gasteiger partial charge in [0.05, 0.1) is 10.7 Å². The molecule has 10 heteroatoms. The topological polar surface area (TPSA) is 67.8 Å². The lowest BCUT2D eigenvalue weighted by atomic mass is 10.0. The molecule has 5 nitrogen and oxygen atoms in total. The number of nitrogens with one attached hydrogen (secondary N) is 1. The van der Waals surface area contributed by atoms with E-state index in [9.17, 15) is 18.0 Å². The molecule has 2 aromatic heterocycles. The third-order valence-electron chi connectivity index (χ3n) is 3.93. The lowest BCUT2D eigenvalue weighted by Gasteiger charge is -2.17. The molecule has 1 saturated carbocycles. The number of nitrogens with zero attached hydrogens (tertiary/aromatic N) is 3. The van der Waals surface area contributed by atoms with Crippen LogP contribution >= 0.6 is 27.5 Å². The molecule has 0 atom stereocenters. The Labute approximate surface area is 154 Å². The first kappa shape index (κ1) is 18.1. The van der Waals surface area contributed by atoms with Crippen molar-refractivity contribution < 1.29 is 18.0 Å². The van der Waals surface area contributed by atoms with E-state index in [-0.39, 0.29) is 6.54 Å². The fraction of sp³-hybridized carbons (Fsp3) is 0.333. The van der Waals surface area contributed by atoms with Gasteiger partial charge in [-0.1, -0.05) is 11.6 Å². The highest BCUT2D eigenvalue weighted by Gasteiger charge is 2.47. The first-order valence-electron chi connectivity index (χ1n) is 7.21. The van der Waals surface area contributed by atoms with Crippen LogP contribution in [0.25, 0.3) is 0 Å². The molecule has 0 radical (unpaired) electrons. The Kier molecular flexibility index (Phi) is 4.72. The zero-order chi connectivity index (χ0) is 18.2. The molecule has 2 aromatic rings. The summed E-state index contributed by atoms with van der Waals surface area (Å²) in [6.45, 7) is 0.119. The molecular weight excluding hydrogens is 425 g/mol. The van der Waals surface area contributed by atoms with E-state index >= 15 is 0 Å². The molecule has 0 aromatic carbocycles. The van der Waals surface area contributed by atoms with Gasteiger partial charge in [0.2, 0.25) is 0 Å². The Hall–Kier alpha value is -1.74. The zero-order valence-electron chi connectivity index (χ0n) is 12.6. The second-order valence-corrected chi connectivity index (χ2v) is 7.02. The van der Waals surface area contributed by atoms with E-state index < -0.39 is 28.9 Å². The number of carbonyl (C=O) groups excluding carboxylic acids is 1. The molecule has 132 valence electrons. The summed E-state index contributed by atoms with van der Waals surface area (Å²) in [7, 11) is 0. The average Bonchev–Trinajstić information content (AvgIpc) is 3.32. The van der Waals surface area contributed by atoms with Crippen LogP contribution in [0.3, 0.4) is 0 Å². The van der Waals surface area contributed by atoms with Crippen molar-refractivity contribution in [2.24, 2.45) is 0 Å². The second-order valence-electron chi connectivity index (χ2n) is 5.70. The molecule has 0 aliphatic heterocycles. The number of alkyl halides is 3. The summed E-state index contributed by atoms with van der Waals surface area (Å²) in [5, 5.41) is 2.94. The molecule has 2 heterocycles. The van der Waals surface area contributed by atoms with E-state index in [0.29, 0.717) is 10.7 Å². The molecule has 0 bridgehead atoms. The van der Waals surface area contributed by atoms with Crippen molar-refractivity contribution in [2.45, 2.75) is 24.4 Å². The Morgan fingerprint density at radius 2 is 1.96 bits per heavy atom. The van der Waals surface area contributed by atoms with E-state index in [1.165, 1.54) is 0 Å². The minimum Gasteiger partial charge on any atom is -0.350 e. The van der Waals surface area contributed by atoms with Crippen LogP contribution in [0.2, 0.25) is 5.02 Å². The molecule has 25 heavy (non-hydrogen) atoms. The van der Waals surface area contributed by atoms with Gasteiger partial charge in [0.25, 0.3) is 5.91 Å². The molecule has 0 saturated heterocycles. The lowest BCUT2D eigenvalue weighted by Crippen LogP contribution is -2.35. The van der Waals surface area contributed by atoms with Gasteiger partial charge in [-0.05, 0) is 34.8 Å². The summed E-state index contributed by atoms with van der Waals surface area (Å²) < 4.78 is 39.5. The zero-order valence-corrected chi connectivity index (χ0v) is 14.9. The van der Waals surface area contributed by atoms with Crippen LogP contribution in [0.15, 0.2) is 29.1 Å². The highest BCUT2D eigenvalue weighted by atomic mass is 79.9. The first-order chi connectivity index (χ1) is 11.7. The van der Waals surface area contributed by atoms with Gasteiger partial charge in [0, 0.05) is 35.0 Å². The second kappa shape index (κ2) is 6.53. The SMILES string of the molecule is O=C(NCC1(c2ncc(Br)cc2Cl)CC1)c1nccnc1C(F)(F)F. The first-order valence-corrected chi connectivity index (χ1v) is 8.38. The van der Waals surface area contributed by atoms with E-state index in [1.54, 1.807) is 12.3 Å². The summed E-state index contributed by atoms with van der Waals surface area (Å²) in [6, 6.07) is 1.69. The van der Waals surface area contributed by atoms with Crippen LogP contribution < -0.4 is 5.32 Å². The molecule has 1 amide bonds. The average molecular weight is 436 g/mol. The van der Waals surface area contributed by atoms with E-state index in [4.69, 9.17) is 11.6 Å². The molecule has 3 rings (SSSR count). The number of rotatable bonds is 4. The van der Waals surface area contributed by atoms with Crippen molar-refractivity contribution >= 4 is 33.4 Å². The predicted octanol–water partition coefficient (Wildman–Crippen LogP) is 3.77. The van der Waals surface area contributed by atoms with Crippen molar-refractivity contribution in [1.82, 2.24) is 20.3 Å². The number of amides is 1. The third-order valence-corrected chi connectivity index (χ3v) is 4.65. The number of carbonyl (C=O) groups is 1. The summed E-state index contributed by atoms with van der Waals surface area (Å²) >= 11 is 9.46. The predicted molar refractivity (Wildman–Crippen MR) is 87.2 cm³/mol. The van der Waals surface area contributed by atoms with Gasteiger partial charge in [-0.15, -0.1) is 0 Å². The smallest absolute Gasteiger partial charge is 0.350 e. The number of hydrogen-bond donors (Lipinski definition) is 1. The van der Waals surface area contributed by atoms with Crippen LogP contribution in [-0.2, 0) is 11.6 Å². The summed E-state index contributed by atoms with van der Waals surface area (Å²) in [5.41, 5.74) is -1.90. The third kappa shape index (κ3) is 3.77. The molecule has 1 aliphatic carbocycles. The standard InChI is InChI=1S/C15H11BrClF3N4O/c16-8-5-9(17)11(23-6-8)14(1-2-14)7-24-13(25)10-12(15(18,19)20)22-4-3-21-10/h3-6H,1-2,7H2,(H,24,25). The normalized spacial score (nSPS) is 15.7. The number of hydrogen-bond acceptors (Lipinski definition) is 4. The van der Waals surface area contributed by atoms with Gasteiger partial charge in [-0.3, -0.25) is 9.78 Å². The molecule has 0 unspecified atom stereocenters. The maximum Gasteiger partial charge on any atom is 0.435 e. The summed E-state index contributed by atoms with van der Waals surface area (Å²) in [6.07, 6.45) is 0.239. The number of aromatic nitrogens is 3. The van der Waals surface area contributed by atoms with Crippen LogP contribution in [0, 0.1) is 0 Å².